The van der Waals surface area contributed by atoms with Crippen LogP contribution in [0.2, 0.25) is 0 Å². The van der Waals surface area contributed by atoms with Gasteiger partial charge in [-0.1, -0.05) is 24.6 Å². The number of hydrogen-bond acceptors (Lipinski definition) is 7. The van der Waals surface area contributed by atoms with Crippen molar-refractivity contribution in [1.29, 1.82) is 0 Å². The first-order chi connectivity index (χ1) is 9.31. The molecule has 0 radical (unpaired) electrons. The van der Waals surface area contributed by atoms with Crippen LogP contribution in [0.3, 0.4) is 0 Å². The highest BCUT2D eigenvalue weighted by molar-refractivity contribution is 7.98. The number of hydrogen-bond donors (Lipinski definition) is 3. The van der Waals surface area contributed by atoms with Gasteiger partial charge in [0.05, 0.1) is 12.7 Å². The van der Waals surface area contributed by atoms with Crippen molar-refractivity contribution >= 4 is 23.4 Å². The standard InChI is InChI=1S/C12H21N5OS/c1-19-12-15-10(8-11(16-12)17-13)14-6-7-18-9-4-2-3-5-9/h8-9H,2-7,13H2,1H3,(H2,14,15,16,17). The molecule has 4 N–H and O–H groups in total. The lowest BCUT2D eigenvalue weighted by molar-refractivity contribution is 0.0658. The molecule has 0 spiro atoms. The fourth-order valence-corrected chi connectivity index (χ4v) is 2.52. The van der Waals surface area contributed by atoms with E-state index in [9.17, 15) is 0 Å². The van der Waals surface area contributed by atoms with Gasteiger partial charge in [-0.05, 0) is 19.1 Å². The summed E-state index contributed by atoms with van der Waals surface area (Å²) in [5.74, 6) is 6.75. The summed E-state index contributed by atoms with van der Waals surface area (Å²) in [6.45, 7) is 1.44. The molecule has 0 saturated heterocycles. The lowest BCUT2D eigenvalue weighted by Crippen LogP contribution is -2.16. The Morgan fingerprint density at radius 1 is 1.37 bits per heavy atom. The summed E-state index contributed by atoms with van der Waals surface area (Å²) in [7, 11) is 0. The van der Waals surface area contributed by atoms with Crippen molar-refractivity contribution in [3.8, 4) is 0 Å². The van der Waals surface area contributed by atoms with Gasteiger partial charge in [-0.3, -0.25) is 0 Å². The van der Waals surface area contributed by atoms with Crippen molar-refractivity contribution in [3.63, 3.8) is 0 Å². The largest absolute Gasteiger partial charge is 0.376 e. The van der Waals surface area contributed by atoms with Gasteiger partial charge >= 0.3 is 0 Å². The number of nitrogens with zero attached hydrogens (tertiary/aromatic N) is 2. The lowest BCUT2D eigenvalue weighted by Gasteiger charge is -2.12. The molecule has 19 heavy (non-hydrogen) atoms. The van der Waals surface area contributed by atoms with Gasteiger partial charge in [0.15, 0.2) is 5.16 Å². The van der Waals surface area contributed by atoms with E-state index in [-0.39, 0.29) is 0 Å². The Morgan fingerprint density at radius 2 is 2.11 bits per heavy atom. The lowest BCUT2D eigenvalue weighted by atomic mass is 10.3. The normalized spacial score (nSPS) is 15.7. The Kier molecular flexibility index (Phi) is 5.68. The van der Waals surface area contributed by atoms with Crippen molar-refractivity contribution in [1.82, 2.24) is 9.97 Å². The number of nitrogens with one attached hydrogen (secondary N) is 2. The third kappa shape index (κ3) is 4.52. The number of ether oxygens (including phenoxy) is 1. The predicted molar refractivity (Wildman–Crippen MR) is 78.3 cm³/mol. The summed E-state index contributed by atoms with van der Waals surface area (Å²) in [4.78, 5) is 8.56. The van der Waals surface area contributed by atoms with E-state index in [1.165, 1.54) is 37.4 Å². The minimum atomic E-state index is 0.454. The van der Waals surface area contributed by atoms with Gasteiger partial charge in [-0.15, -0.1) is 0 Å². The van der Waals surface area contributed by atoms with E-state index >= 15 is 0 Å². The van der Waals surface area contributed by atoms with Crippen molar-refractivity contribution in [2.75, 3.05) is 30.1 Å². The Morgan fingerprint density at radius 3 is 2.79 bits per heavy atom. The van der Waals surface area contributed by atoms with Crippen LogP contribution >= 0.6 is 11.8 Å². The first-order valence-electron chi connectivity index (χ1n) is 6.57. The van der Waals surface area contributed by atoms with Crippen molar-refractivity contribution in [3.05, 3.63) is 6.07 Å². The quantitative estimate of drug-likeness (QED) is 0.231. The van der Waals surface area contributed by atoms with Gasteiger partial charge in [0, 0.05) is 12.6 Å². The van der Waals surface area contributed by atoms with E-state index in [2.05, 4.69) is 20.7 Å². The molecule has 0 aromatic carbocycles. The second-order valence-electron chi connectivity index (χ2n) is 4.47. The summed E-state index contributed by atoms with van der Waals surface area (Å²) in [6.07, 6.45) is 7.38. The zero-order chi connectivity index (χ0) is 13.5. The Balaban J connectivity index is 1.77. The highest BCUT2D eigenvalue weighted by Crippen LogP contribution is 2.20. The van der Waals surface area contributed by atoms with E-state index in [4.69, 9.17) is 10.6 Å². The third-order valence-electron chi connectivity index (χ3n) is 3.10. The van der Waals surface area contributed by atoms with Crippen LogP contribution in [-0.4, -0.2) is 35.5 Å². The summed E-state index contributed by atoms with van der Waals surface area (Å²) < 4.78 is 5.79. The molecule has 106 valence electrons. The van der Waals surface area contributed by atoms with Crippen LogP contribution in [0.15, 0.2) is 11.2 Å². The summed E-state index contributed by atoms with van der Waals surface area (Å²) in [5.41, 5.74) is 2.54. The van der Waals surface area contributed by atoms with E-state index in [1.807, 2.05) is 6.26 Å². The zero-order valence-electron chi connectivity index (χ0n) is 11.2. The summed E-state index contributed by atoms with van der Waals surface area (Å²) >= 11 is 1.48. The molecular formula is C12H21N5OS. The van der Waals surface area contributed by atoms with Gasteiger partial charge in [0.2, 0.25) is 0 Å². The fraction of sp³-hybridized carbons (Fsp3) is 0.667. The zero-order valence-corrected chi connectivity index (χ0v) is 12.0. The van der Waals surface area contributed by atoms with E-state index < -0.39 is 0 Å². The van der Waals surface area contributed by atoms with E-state index in [1.54, 1.807) is 6.07 Å². The van der Waals surface area contributed by atoms with E-state index in [0.717, 1.165) is 12.4 Å². The number of rotatable bonds is 7. The van der Waals surface area contributed by atoms with Gasteiger partial charge < -0.3 is 15.5 Å². The molecule has 1 saturated carbocycles. The second-order valence-corrected chi connectivity index (χ2v) is 5.25. The maximum atomic E-state index is 5.79. The minimum Gasteiger partial charge on any atom is -0.376 e. The topological polar surface area (TPSA) is 85.1 Å². The molecule has 1 aromatic rings. The predicted octanol–water partition coefficient (Wildman–Crippen LogP) is 1.86. The molecule has 0 amide bonds. The Hall–Kier alpha value is -1.05. The number of aromatic nitrogens is 2. The highest BCUT2D eigenvalue weighted by atomic mass is 32.2. The molecule has 1 heterocycles. The molecule has 0 bridgehead atoms. The van der Waals surface area contributed by atoms with Crippen LogP contribution in [0.25, 0.3) is 0 Å². The monoisotopic (exact) mass is 283 g/mol. The molecule has 1 aromatic heterocycles. The minimum absolute atomic E-state index is 0.454. The number of nitrogens with two attached hydrogens (primary N) is 1. The number of nitrogen functional groups attached to an aromatic ring is 1. The first-order valence-corrected chi connectivity index (χ1v) is 7.79. The Labute approximate surface area is 117 Å². The molecule has 0 aliphatic heterocycles. The van der Waals surface area contributed by atoms with Crippen molar-refractivity contribution in [2.45, 2.75) is 36.9 Å². The number of hydrazine groups is 1. The highest BCUT2D eigenvalue weighted by Gasteiger charge is 2.14. The molecule has 0 atom stereocenters. The first kappa shape index (κ1) is 14.4. The van der Waals surface area contributed by atoms with Crippen LogP contribution in [0, 0.1) is 0 Å². The maximum Gasteiger partial charge on any atom is 0.191 e. The van der Waals surface area contributed by atoms with Crippen LogP contribution < -0.4 is 16.6 Å². The van der Waals surface area contributed by atoms with E-state index in [0.29, 0.717) is 23.7 Å². The SMILES string of the molecule is CSc1nc(NN)cc(NCCOC2CCCC2)n1. The average Bonchev–Trinajstić information content (AvgIpc) is 2.96. The molecule has 1 fully saturated rings. The van der Waals surface area contributed by atoms with Gasteiger partial charge in [0.25, 0.3) is 0 Å². The number of anilines is 2. The van der Waals surface area contributed by atoms with Crippen LogP contribution in [0.1, 0.15) is 25.7 Å². The molecule has 7 heteroatoms. The maximum absolute atomic E-state index is 5.79. The van der Waals surface area contributed by atoms with Crippen LogP contribution in [0.4, 0.5) is 11.6 Å². The van der Waals surface area contributed by atoms with Crippen molar-refractivity contribution in [2.24, 2.45) is 5.84 Å². The smallest absolute Gasteiger partial charge is 0.191 e. The third-order valence-corrected chi connectivity index (χ3v) is 3.65. The summed E-state index contributed by atoms with van der Waals surface area (Å²) in [5, 5.41) is 3.92. The molecule has 2 rings (SSSR count). The average molecular weight is 283 g/mol. The Bertz CT molecular complexity index is 375. The van der Waals surface area contributed by atoms with Gasteiger partial charge in [-0.25, -0.2) is 15.8 Å². The molecular weight excluding hydrogens is 262 g/mol. The second kappa shape index (κ2) is 7.52. The van der Waals surface area contributed by atoms with Gasteiger partial charge in [0.1, 0.15) is 11.6 Å². The summed E-state index contributed by atoms with van der Waals surface area (Å²) in [6, 6.07) is 1.79. The molecule has 6 nitrogen and oxygen atoms in total. The van der Waals surface area contributed by atoms with Crippen molar-refractivity contribution < 1.29 is 4.74 Å². The van der Waals surface area contributed by atoms with Gasteiger partial charge in [-0.2, -0.15) is 0 Å². The van der Waals surface area contributed by atoms with Crippen LogP contribution in [0.5, 0.6) is 0 Å². The molecule has 1 aliphatic carbocycles. The molecule has 1 aliphatic rings. The number of thioether (sulfide) groups is 1. The van der Waals surface area contributed by atoms with Crippen LogP contribution in [-0.2, 0) is 4.74 Å². The fourth-order valence-electron chi connectivity index (χ4n) is 2.14. The molecule has 0 unspecified atom stereocenters.